The molecular weight excluding hydrogens is 514 g/mol. The van der Waals surface area contributed by atoms with Crippen LogP contribution in [0.5, 0.6) is 17.2 Å². The average molecular weight is 552 g/mol. The van der Waals surface area contributed by atoms with E-state index in [-0.39, 0.29) is 12.0 Å². The van der Waals surface area contributed by atoms with E-state index in [1.807, 2.05) is 47.5 Å². The molecule has 41 heavy (non-hydrogen) atoms. The van der Waals surface area contributed by atoms with Crippen LogP contribution in [0, 0.1) is 0 Å². The highest BCUT2D eigenvalue weighted by atomic mass is 16.5. The van der Waals surface area contributed by atoms with Crippen LogP contribution in [0.3, 0.4) is 0 Å². The van der Waals surface area contributed by atoms with Crippen molar-refractivity contribution in [3.8, 4) is 17.2 Å². The molecule has 212 valence electrons. The topological polar surface area (TPSA) is 64.1 Å². The van der Waals surface area contributed by atoms with Crippen molar-refractivity contribution in [1.82, 2.24) is 14.8 Å². The molecule has 1 aliphatic heterocycles. The van der Waals surface area contributed by atoms with E-state index in [0.717, 1.165) is 42.8 Å². The van der Waals surface area contributed by atoms with Crippen molar-refractivity contribution < 1.29 is 19.0 Å². The zero-order valence-electron chi connectivity index (χ0n) is 24.0. The van der Waals surface area contributed by atoms with Crippen LogP contribution < -0.4 is 14.2 Å². The highest BCUT2D eigenvalue weighted by Crippen LogP contribution is 2.28. The predicted octanol–water partition coefficient (Wildman–Crippen LogP) is 5.97. The van der Waals surface area contributed by atoms with Gasteiger partial charge in [0.25, 0.3) is 0 Å². The molecule has 0 bridgehead atoms. The summed E-state index contributed by atoms with van der Waals surface area (Å²) in [5.74, 6) is 2.18. The average Bonchev–Trinajstić information content (AvgIpc) is 3.00. The Bertz CT molecular complexity index is 1510. The predicted molar refractivity (Wildman–Crippen MR) is 162 cm³/mol. The molecule has 1 aliphatic rings. The summed E-state index contributed by atoms with van der Waals surface area (Å²) >= 11 is 0. The lowest BCUT2D eigenvalue weighted by molar-refractivity contribution is -0.127. The van der Waals surface area contributed by atoms with E-state index in [1.54, 1.807) is 20.3 Å². The molecule has 4 aromatic rings. The SMILES string of the molecule is COc1ccc(C=CC(=O)N2CCC(Oc3cccc(CN(C)Cc4cccc5ncccc45)c3)CC2)cc1OC. The fourth-order valence-electron chi connectivity index (χ4n) is 5.30. The Morgan fingerprint density at radius 1 is 0.951 bits per heavy atom. The van der Waals surface area contributed by atoms with E-state index in [2.05, 4.69) is 59.4 Å². The number of hydrogen-bond acceptors (Lipinski definition) is 6. The quantitative estimate of drug-likeness (QED) is 0.227. The number of hydrogen-bond donors (Lipinski definition) is 0. The third-order valence-electron chi connectivity index (χ3n) is 7.41. The third-order valence-corrected chi connectivity index (χ3v) is 7.41. The molecule has 0 radical (unpaired) electrons. The summed E-state index contributed by atoms with van der Waals surface area (Å²) in [6.45, 7) is 2.98. The second-order valence-electron chi connectivity index (χ2n) is 10.4. The Balaban J connectivity index is 1.11. The van der Waals surface area contributed by atoms with E-state index in [4.69, 9.17) is 14.2 Å². The lowest BCUT2D eigenvalue weighted by Crippen LogP contribution is -2.41. The minimum absolute atomic E-state index is 0.00486. The standard InChI is InChI=1S/C34H37N3O4/c1-36(24-27-8-5-11-31-30(27)10-6-18-35-31)23-26-7-4-9-29(21-26)41-28-16-19-37(20-17-28)34(38)15-13-25-12-14-32(39-2)33(22-25)40-3/h4-15,18,21-22,28H,16-17,19-20,23-24H2,1-3H3. The number of methoxy groups -OCH3 is 2. The smallest absolute Gasteiger partial charge is 0.246 e. The first-order valence-electron chi connectivity index (χ1n) is 14.0. The number of carbonyl (C=O) groups is 1. The van der Waals surface area contributed by atoms with E-state index in [0.29, 0.717) is 24.6 Å². The molecule has 0 saturated carbocycles. The molecule has 5 rings (SSSR count). The van der Waals surface area contributed by atoms with Gasteiger partial charge in [0.1, 0.15) is 11.9 Å². The van der Waals surface area contributed by atoms with E-state index in [1.165, 1.54) is 16.5 Å². The number of ether oxygens (including phenoxy) is 3. The van der Waals surface area contributed by atoms with Crippen molar-refractivity contribution in [1.29, 1.82) is 0 Å². The summed E-state index contributed by atoms with van der Waals surface area (Å²) in [5.41, 5.74) is 4.38. The van der Waals surface area contributed by atoms with Gasteiger partial charge in [0.05, 0.1) is 19.7 Å². The van der Waals surface area contributed by atoms with Crippen LogP contribution in [0.1, 0.15) is 29.5 Å². The number of rotatable bonds is 10. The number of fused-ring (bicyclic) bond motifs is 1. The molecule has 1 aromatic heterocycles. The number of nitrogens with zero attached hydrogens (tertiary/aromatic N) is 3. The highest BCUT2D eigenvalue weighted by molar-refractivity contribution is 5.92. The summed E-state index contributed by atoms with van der Waals surface area (Å²) in [6, 6.07) is 24.3. The number of piperidine rings is 1. The van der Waals surface area contributed by atoms with Crippen molar-refractivity contribution in [2.24, 2.45) is 0 Å². The first-order chi connectivity index (χ1) is 20.0. The fraction of sp³-hybridized carbons (Fsp3) is 0.294. The van der Waals surface area contributed by atoms with Crippen molar-refractivity contribution in [2.75, 3.05) is 34.4 Å². The monoisotopic (exact) mass is 551 g/mol. The Labute approximate surface area is 242 Å². The third kappa shape index (κ3) is 7.24. The molecule has 7 heteroatoms. The molecule has 0 unspecified atom stereocenters. The van der Waals surface area contributed by atoms with Gasteiger partial charge in [0.15, 0.2) is 11.5 Å². The maximum absolute atomic E-state index is 12.8. The fourth-order valence-corrected chi connectivity index (χ4v) is 5.30. The maximum atomic E-state index is 12.8. The van der Waals surface area contributed by atoms with Crippen molar-refractivity contribution in [2.45, 2.75) is 32.0 Å². The maximum Gasteiger partial charge on any atom is 0.246 e. The van der Waals surface area contributed by atoms with Gasteiger partial charge in [-0.25, -0.2) is 0 Å². The Kier molecular flexibility index (Phi) is 9.16. The Morgan fingerprint density at radius 3 is 2.56 bits per heavy atom. The van der Waals surface area contributed by atoms with Crippen molar-refractivity contribution in [3.05, 3.63) is 102 Å². The van der Waals surface area contributed by atoms with E-state index in [9.17, 15) is 4.79 Å². The molecular formula is C34H37N3O4. The second kappa shape index (κ2) is 13.3. The number of aromatic nitrogens is 1. The molecule has 1 saturated heterocycles. The summed E-state index contributed by atoms with van der Waals surface area (Å²) in [6.07, 6.45) is 6.96. The molecule has 2 heterocycles. The van der Waals surface area contributed by atoms with Crippen LogP contribution >= 0.6 is 0 Å². The van der Waals surface area contributed by atoms with Crippen LogP contribution in [-0.4, -0.2) is 61.2 Å². The van der Waals surface area contributed by atoms with Gasteiger partial charge >= 0.3 is 0 Å². The number of carbonyl (C=O) groups excluding carboxylic acids is 1. The van der Waals surface area contributed by atoms with Crippen LogP contribution in [-0.2, 0) is 17.9 Å². The second-order valence-corrected chi connectivity index (χ2v) is 10.4. The zero-order valence-corrected chi connectivity index (χ0v) is 24.0. The number of benzene rings is 3. The van der Waals surface area contributed by atoms with Gasteiger partial charge in [-0.3, -0.25) is 14.7 Å². The molecule has 1 amide bonds. The number of likely N-dealkylation sites (tertiary alicyclic amines) is 1. The first-order valence-corrected chi connectivity index (χ1v) is 14.0. The van der Waals surface area contributed by atoms with Gasteiger partial charge in [-0.2, -0.15) is 0 Å². The summed E-state index contributed by atoms with van der Waals surface area (Å²) in [7, 11) is 5.34. The van der Waals surface area contributed by atoms with Gasteiger partial charge < -0.3 is 19.1 Å². The molecule has 0 N–H and O–H groups in total. The normalized spacial score (nSPS) is 14.1. The van der Waals surface area contributed by atoms with E-state index < -0.39 is 0 Å². The first kappa shape index (κ1) is 28.2. The Morgan fingerprint density at radius 2 is 1.76 bits per heavy atom. The zero-order chi connectivity index (χ0) is 28.6. The van der Waals surface area contributed by atoms with Gasteiger partial charge in [0.2, 0.25) is 5.91 Å². The minimum Gasteiger partial charge on any atom is -0.493 e. The summed E-state index contributed by atoms with van der Waals surface area (Å²) in [4.78, 5) is 21.5. The van der Waals surface area contributed by atoms with Crippen LogP contribution in [0.25, 0.3) is 17.0 Å². The van der Waals surface area contributed by atoms with Crippen LogP contribution in [0.4, 0.5) is 0 Å². The molecule has 0 aliphatic carbocycles. The summed E-state index contributed by atoms with van der Waals surface area (Å²) < 4.78 is 17.0. The van der Waals surface area contributed by atoms with Gasteiger partial charge in [-0.05, 0) is 66.2 Å². The molecule has 0 atom stereocenters. The van der Waals surface area contributed by atoms with Crippen LogP contribution in [0.15, 0.2) is 85.1 Å². The van der Waals surface area contributed by atoms with E-state index >= 15 is 0 Å². The largest absolute Gasteiger partial charge is 0.493 e. The van der Waals surface area contributed by atoms with Crippen LogP contribution in [0.2, 0.25) is 0 Å². The lowest BCUT2D eigenvalue weighted by Gasteiger charge is -2.31. The van der Waals surface area contributed by atoms with Crippen molar-refractivity contribution >= 4 is 22.9 Å². The molecule has 7 nitrogen and oxygen atoms in total. The molecule has 0 spiro atoms. The Hall–Kier alpha value is -4.36. The highest BCUT2D eigenvalue weighted by Gasteiger charge is 2.23. The van der Waals surface area contributed by atoms with Gasteiger partial charge in [-0.1, -0.05) is 36.4 Å². The number of amides is 1. The van der Waals surface area contributed by atoms with Gasteiger partial charge in [-0.15, -0.1) is 0 Å². The van der Waals surface area contributed by atoms with Gasteiger partial charge in [0, 0.05) is 56.7 Å². The molecule has 3 aromatic carbocycles. The summed E-state index contributed by atoms with van der Waals surface area (Å²) in [5, 5.41) is 1.19. The molecule has 1 fully saturated rings. The minimum atomic E-state index is 0.00486. The van der Waals surface area contributed by atoms with Crippen molar-refractivity contribution in [3.63, 3.8) is 0 Å². The number of pyridine rings is 1. The lowest BCUT2D eigenvalue weighted by atomic mass is 10.1.